The minimum Gasteiger partial charge on any atom is -0.381 e. The molecule has 1 aromatic rings. The smallest absolute Gasteiger partial charge is 0.165 e. The third-order valence-electron chi connectivity index (χ3n) is 3.49. The zero-order valence-corrected chi connectivity index (χ0v) is 8.26. The normalized spacial score (nSPS) is 30.6. The predicted octanol–water partition coefficient (Wildman–Crippen LogP) is 1.30. The van der Waals surface area contributed by atoms with Crippen LogP contribution in [0, 0.1) is 17.8 Å². The fourth-order valence-corrected chi connectivity index (χ4v) is 2.43. The van der Waals surface area contributed by atoms with E-state index in [2.05, 4.69) is 10.3 Å². The van der Waals surface area contributed by atoms with Crippen LogP contribution in [-0.4, -0.2) is 15.0 Å². The van der Waals surface area contributed by atoms with Gasteiger partial charge in [-0.05, 0) is 43.4 Å². The van der Waals surface area contributed by atoms with E-state index in [4.69, 9.17) is 5.73 Å². The van der Waals surface area contributed by atoms with Gasteiger partial charge < -0.3 is 5.73 Å². The molecular weight excluding hydrogens is 176 g/mol. The van der Waals surface area contributed by atoms with Crippen molar-refractivity contribution in [3.8, 4) is 0 Å². The molecule has 3 rings (SSSR count). The van der Waals surface area contributed by atoms with Crippen LogP contribution < -0.4 is 5.73 Å². The van der Waals surface area contributed by atoms with E-state index >= 15 is 0 Å². The molecule has 0 saturated heterocycles. The van der Waals surface area contributed by atoms with E-state index in [0.717, 1.165) is 24.3 Å². The van der Waals surface area contributed by atoms with E-state index in [0.29, 0.717) is 5.82 Å². The maximum Gasteiger partial charge on any atom is 0.165 e. The average Bonchev–Trinajstić information content (AvgIpc) is 3.03. The first-order valence-electron chi connectivity index (χ1n) is 5.48. The zero-order valence-electron chi connectivity index (χ0n) is 8.26. The van der Waals surface area contributed by atoms with Crippen molar-refractivity contribution in [2.45, 2.75) is 32.2 Å². The van der Waals surface area contributed by atoms with Gasteiger partial charge in [-0.15, -0.1) is 5.10 Å². The molecule has 2 fully saturated rings. The van der Waals surface area contributed by atoms with Gasteiger partial charge in [0, 0.05) is 6.54 Å². The molecule has 0 bridgehead atoms. The first-order chi connectivity index (χ1) is 6.83. The number of aromatic nitrogens is 3. The maximum atomic E-state index is 5.49. The van der Waals surface area contributed by atoms with Crippen LogP contribution >= 0.6 is 0 Å². The van der Waals surface area contributed by atoms with Crippen molar-refractivity contribution in [3.63, 3.8) is 0 Å². The highest BCUT2D eigenvalue weighted by molar-refractivity contribution is 5.19. The van der Waals surface area contributed by atoms with Gasteiger partial charge in [-0.25, -0.2) is 0 Å². The molecule has 4 heteroatoms. The van der Waals surface area contributed by atoms with Crippen molar-refractivity contribution in [1.29, 1.82) is 0 Å². The molecule has 0 aromatic carbocycles. The van der Waals surface area contributed by atoms with Gasteiger partial charge in [0.25, 0.3) is 0 Å². The largest absolute Gasteiger partial charge is 0.381 e. The quantitative estimate of drug-likeness (QED) is 0.782. The van der Waals surface area contributed by atoms with Crippen molar-refractivity contribution in [3.05, 3.63) is 6.20 Å². The van der Waals surface area contributed by atoms with Gasteiger partial charge in [0.15, 0.2) is 5.82 Å². The van der Waals surface area contributed by atoms with Crippen LogP contribution in [0.25, 0.3) is 0 Å². The number of rotatable bonds is 4. The van der Waals surface area contributed by atoms with Crippen LogP contribution in [0.2, 0.25) is 0 Å². The first kappa shape index (κ1) is 8.26. The molecule has 2 N–H and O–H groups in total. The number of hydrogen-bond donors (Lipinski definition) is 1. The van der Waals surface area contributed by atoms with Gasteiger partial charge in [0.2, 0.25) is 0 Å². The number of hydrogen-bond acceptors (Lipinski definition) is 3. The minimum atomic E-state index is 0.527. The first-order valence-corrected chi connectivity index (χ1v) is 5.48. The fraction of sp³-hybridized carbons (Fsp3) is 0.800. The molecule has 0 radical (unpaired) electrons. The van der Waals surface area contributed by atoms with E-state index in [1.165, 1.54) is 25.7 Å². The lowest BCUT2D eigenvalue weighted by molar-refractivity contribution is 0.499. The Bertz CT molecular complexity index is 329. The average molecular weight is 192 g/mol. The standard InChI is InChI=1S/C10H16N4/c11-10-6-14(13-12-10)4-3-8-5-9(8)7-1-2-7/h6-9H,1-5,11H2. The summed E-state index contributed by atoms with van der Waals surface area (Å²) in [5.41, 5.74) is 5.49. The van der Waals surface area contributed by atoms with Gasteiger partial charge >= 0.3 is 0 Å². The van der Waals surface area contributed by atoms with E-state index in [1.807, 2.05) is 10.9 Å². The third kappa shape index (κ3) is 1.61. The second kappa shape index (κ2) is 2.97. The van der Waals surface area contributed by atoms with Crippen molar-refractivity contribution in [2.24, 2.45) is 17.8 Å². The Labute approximate surface area is 83.5 Å². The Morgan fingerprint density at radius 3 is 3.00 bits per heavy atom. The monoisotopic (exact) mass is 192 g/mol. The van der Waals surface area contributed by atoms with E-state index < -0.39 is 0 Å². The summed E-state index contributed by atoms with van der Waals surface area (Å²) in [5.74, 6) is 3.63. The number of nitrogens with zero attached hydrogens (tertiary/aromatic N) is 3. The van der Waals surface area contributed by atoms with Crippen molar-refractivity contribution in [2.75, 3.05) is 5.73 Å². The molecule has 2 aliphatic rings. The summed E-state index contributed by atoms with van der Waals surface area (Å²) in [6, 6.07) is 0. The summed E-state index contributed by atoms with van der Waals surface area (Å²) in [6.07, 6.45) is 7.49. The summed E-state index contributed by atoms with van der Waals surface area (Å²) in [5, 5.41) is 7.71. The Kier molecular flexibility index (Phi) is 1.75. The minimum absolute atomic E-state index is 0.527. The summed E-state index contributed by atoms with van der Waals surface area (Å²) >= 11 is 0. The van der Waals surface area contributed by atoms with Crippen LogP contribution in [0.3, 0.4) is 0 Å². The number of anilines is 1. The van der Waals surface area contributed by atoms with Gasteiger partial charge in [-0.1, -0.05) is 5.21 Å². The summed E-state index contributed by atoms with van der Waals surface area (Å²) in [6.45, 7) is 0.984. The molecular formula is C10H16N4. The van der Waals surface area contributed by atoms with Crippen LogP contribution in [0.1, 0.15) is 25.7 Å². The Morgan fingerprint density at radius 2 is 2.36 bits per heavy atom. The van der Waals surface area contributed by atoms with Crippen LogP contribution in [0.5, 0.6) is 0 Å². The second-order valence-corrected chi connectivity index (χ2v) is 4.69. The number of nitrogen functional groups attached to an aromatic ring is 1. The molecule has 2 saturated carbocycles. The Hall–Kier alpha value is -1.06. The summed E-state index contributed by atoms with van der Waals surface area (Å²) in [4.78, 5) is 0. The fourth-order valence-electron chi connectivity index (χ4n) is 2.43. The molecule has 76 valence electrons. The third-order valence-corrected chi connectivity index (χ3v) is 3.49. The molecule has 1 aromatic heterocycles. The van der Waals surface area contributed by atoms with Crippen LogP contribution in [-0.2, 0) is 6.54 Å². The van der Waals surface area contributed by atoms with Gasteiger partial charge in [0.1, 0.15) is 0 Å². The predicted molar refractivity (Wildman–Crippen MR) is 53.4 cm³/mol. The highest BCUT2D eigenvalue weighted by Gasteiger charge is 2.46. The van der Waals surface area contributed by atoms with Gasteiger partial charge in [-0.2, -0.15) is 0 Å². The topological polar surface area (TPSA) is 56.7 Å². The molecule has 2 atom stereocenters. The Balaban J connectivity index is 1.46. The number of nitrogens with two attached hydrogens (primary N) is 1. The van der Waals surface area contributed by atoms with Crippen molar-refractivity contribution < 1.29 is 0 Å². The number of aryl methyl sites for hydroxylation is 1. The molecule has 2 aliphatic carbocycles. The van der Waals surface area contributed by atoms with Crippen molar-refractivity contribution in [1.82, 2.24) is 15.0 Å². The molecule has 0 aliphatic heterocycles. The summed E-state index contributed by atoms with van der Waals surface area (Å²) in [7, 11) is 0. The van der Waals surface area contributed by atoms with Gasteiger partial charge in [-0.3, -0.25) is 4.68 Å². The maximum absolute atomic E-state index is 5.49. The lowest BCUT2D eigenvalue weighted by Gasteiger charge is -1.98. The van der Waals surface area contributed by atoms with E-state index in [-0.39, 0.29) is 0 Å². The lowest BCUT2D eigenvalue weighted by Crippen LogP contribution is -2.00. The second-order valence-electron chi connectivity index (χ2n) is 4.69. The SMILES string of the molecule is Nc1cn(CCC2CC2C2CC2)nn1. The molecule has 2 unspecified atom stereocenters. The van der Waals surface area contributed by atoms with E-state index in [9.17, 15) is 0 Å². The zero-order chi connectivity index (χ0) is 9.54. The van der Waals surface area contributed by atoms with Crippen LogP contribution in [0.4, 0.5) is 5.82 Å². The highest BCUT2D eigenvalue weighted by atomic mass is 15.4. The van der Waals surface area contributed by atoms with Gasteiger partial charge in [0.05, 0.1) is 6.20 Å². The molecule has 14 heavy (non-hydrogen) atoms. The van der Waals surface area contributed by atoms with Crippen LogP contribution in [0.15, 0.2) is 6.20 Å². The summed E-state index contributed by atoms with van der Waals surface area (Å²) < 4.78 is 1.86. The Morgan fingerprint density at radius 1 is 1.50 bits per heavy atom. The molecule has 0 amide bonds. The molecule has 1 heterocycles. The molecule has 4 nitrogen and oxygen atoms in total. The van der Waals surface area contributed by atoms with Crippen molar-refractivity contribution >= 4 is 5.82 Å². The van der Waals surface area contributed by atoms with E-state index in [1.54, 1.807) is 0 Å². The highest BCUT2D eigenvalue weighted by Crippen LogP contribution is 2.55. The molecule has 0 spiro atoms. The lowest BCUT2D eigenvalue weighted by atomic mass is 10.2.